The number of likely N-dealkylation sites (tertiary alicyclic amines) is 1. The Bertz CT molecular complexity index is 1880. The van der Waals surface area contributed by atoms with Crippen molar-refractivity contribution in [3.63, 3.8) is 0 Å². The van der Waals surface area contributed by atoms with E-state index in [2.05, 4.69) is 53.2 Å². The molecule has 0 radical (unpaired) electrons. The zero-order chi connectivity index (χ0) is 30.1. The van der Waals surface area contributed by atoms with Crippen molar-refractivity contribution in [1.29, 1.82) is 0 Å². The minimum absolute atomic E-state index is 0.0574. The first kappa shape index (κ1) is 27.9. The van der Waals surface area contributed by atoms with Gasteiger partial charge in [0.15, 0.2) is 5.78 Å². The van der Waals surface area contributed by atoms with Crippen LogP contribution in [0.1, 0.15) is 54.3 Å². The number of hydrogen-bond acceptors (Lipinski definition) is 8. The predicted octanol–water partition coefficient (Wildman–Crippen LogP) is 3.49. The van der Waals surface area contributed by atoms with Crippen LogP contribution in [0.4, 0.5) is 5.82 Å². The number of pyridine rings is 2. The van der Waals surface area contributed by atoms with Gasteiger partial charge in [-0.2, -0.15) is 5.10 Å². The summed E-state index contributed by atoms with van der Waals surface area (Å²) < 4.78 is 2.07. The molecule has 5 heterocycles. The molecule has 2 aliphatic rings. The van der Waals surface area contributed by atoms with Crippen molar-refractivity contribution in [3.05, 3.63) is 62.1 Å². The van der Waals surface area contributed by atoms with Gasteiger partial charge in [0.1, 0.15) is 34.5 Å². The Morgan fingerprint density at radius 1 is 1.17 bits per heavy atom. The van der Waals surface area contributed by atoms with Crippen LogP contribution in [0, 0.1) is 26.2 Å². The lowest BCUT2D eigenvalue weighted by molar-refractivity contribution is -0.138. The molecular weight excluding hydrogens is 604 g/mol. The van der Waals surface area contributed by atoms with Crippen molar-refractivity contribution in [1.82, 2.24) is 34.6 Å². The van der Waals surface area contributed by atoms with Gasteiger partial charge in [-0.3, -0.25) is 28.8 Å². The number of nitrogens with one attached hydrogen (secondary N) is 2. The van der Waals surface area contributed by atoms with Crippen molar-refractivity contribution in [3.8, 4) is 11.3 Å². The summed E-state index contributed by atoms with van der Waals surface area (Å²) in [6, 6.07) is 4.56. The minimum Gasteiger partial charge on any atom is -0.325 e. The number of anilines is 1. The smallest absolute Gasteiger partial charge is 0.260 e. The summed E-state index contributed by atoms with van der Waals surface area (Å²) in [5.74, 6) is 0.0589. The molecule has 1 aliphatic heterocycles. The van der Waals surface area contributed by atoms with Crippen LogP contribution in [0.2, 0.25) is 0 Å². The van der Waals surface area contributed by atoms with Gasteiger partial charge in [0.2, 0.25) is 11.8 Å². The number of piperidine rings is 1. The third-order valence-corrected chi connectivity index (χ3v) is 8.69. The fraction of sp³-hybridized carbons (Fsp3) is 0.379. The molecule has 2 N–H and O–H groups in total. The number of aromatic amines is 1. The summed E-state index contributed by atoms with van der Waals surface area (Å²) in [4.78, 5) is 70.0. The van der Waals surface area contributed by atoms with E-state index in [0.29, 0.717) is 45.0 Å². The molecule has 3 atom stereocenters. The first-order valence-corrected chi connectivity index (χ1v) is 14.4. The van der Waals surface area contributed by atoms with Gasteiger partial charge in [-0.25, -0.2) is 9.97 Å². The summed E-state index contributed by atoms with van der Waals surface area (Å²) in [7, 11) is 0. The van der Waals surface area contributed by atoms with Gasteiger partial charge in [0, 0.05) is 24.5 Å². The van der Waals surface area contributed by atoms with Crippen molar-refractivity contribution >= 4 is 50.2 Å². The number of nitrogens with zero attached hydrogens (tertiary/aromatic N) is 6. The lowest BCUT2D eigenvalue weighted by Gasteiger charge is -2.27. The molecule has 4 aromatic rings. The zero-order valence-corrected chi connectivity index (χ0v) is 25.4. The number of carbonyl (C=O) groups excluding carboxylic acids is 3. The largest absolute Gasteiger partial charge is 0.325 e. The number of fused-ring (bicyclic) bond motifs is 2. The molecule has 0 unspecified atom stereocenters. The number of amides is 2. The number of carbonyl (C=O) groups is 3. The van der Waals surface area contributed by atoms with Crippen LogP contribution in [0.15, 0.2) is 33.8 Å². The number of H-pyrrole nitrogens is 1. The molecule has 12 nitrogen and oxygen atoms in total. The highest BCUT2D eigenvalue weighted by atomic mass is 79.9. The van der Waals surface area contributed by atoms with Gasteiger partial charge >= 0.3 is 0 Å². The van der Waals surface area contributed by atoms with Gasteiger partial charge < -0.3 is 15.2 Å². The summed E-state index contributed by atoms with van der Waals surface area (Å²) in [5.41, 5.74) is 2.13. The lowest BCUT2D eigenvalue weighted by Crippen LogP contribution is -2.47. The van der Waals surface area contributed by atoms with Crippen LogP contribution < -0.4 is 10.9 Å². The Balaban J connectivity index is 1.33. The van der Waals surface area contributed by atoms with E-state index in [4.69, 9.17) is 0 Å². The van der Waals surface area contributed by atoms with E-state index in [9.17, 15) is 19.2 Å². The number of aromatic nitrogens is 6. The monoisotopic (exact) mass is 632 g/mol. The third-order valence-electron chi connectivity index (χ3n) is 8.25. The second-order valence-electron chi connectivity index (χ2n) is 11.4. The molecule has 216 valence electrons. The molecule has 1 aliphatic carbocycles. The van der Waals surface area contributed by atoms with E-state index >= 15 is 0 Å². The van der Waals surface area contributed by atoms with Crippen molar-refractivity contribution in [2.45, 2.75) is 66.1 Å². The fourth-order valence-corrected chi connectivity index (χ4v) is 6.29. The Kier molecular flexibility index (Phi) is 6.59. The Hall–Kier alpha value is -4.26. The standard InChI is InChI=1S/C29H29BrN8O4/c1-13-6-7-22(30)34-26(13)35-28(42)20-9-29(5)10-21(29)38(20)23(40)12-37-25-14(2)32-19(8-17(25)24(36-37)15(3)39)18-11-31-16(4)33-27(18)41/h6-8,11,20-21H,9-10,12H2,1-5H3,(H,31,33,41)(H,34,35,42)/t20-,21+,29-/m0/s1. The Morgan fingerprint density at radius 3 is 2.64 bits per heavy atom. The van der Waals surface area contributed by atoms with E-state index in [-0.39, 0.29) is 52.4 Å². The van der Waals surface area contributed by atoms with Crippen molar-refractivity contribution in [2.75, 3.05) is 5.32 Å². The molecule has 2 amide bonds. The molecule has 0 aromatic carbocycles. The summed E-state index contributed by atoms with van der Waals surface area (Å²) >= 11 is 3.34. The summed E-state index contributed by atoms with van der Waals surface area (Å²) in [5, 5.41) is 7.90. The van der Waals surface area contributed by atoms with Crippen LogP contribution in [-0.2, 0) is 16.1 Å². The molecule has 1 saturated carbocycles. The van der Waals surface area contributed by atoms with Gasteiger partial charge in [0.25, 0.3) is 5.56 Å². The maximum atomic E-state index is 13.9. The van der Waals surface area contributed by atoms with Crippen LogP contribution in [-0.4, -0.2) is 64.3 Å². The van der Waals surface area contributed by atoms with Crippen LogP contribution in [0.5, 0.6) is 0 Å². The summed E-state index contributed by atoms with van der Waals surface area (Å²) in [6.07, 6.45) is 2.81. The van der Waals surface area contributed by atoms with Gasteiger partial charge in [-0.15, -0.1) is 0 Å². The number of hydrogen-bond donors (Lipinski definition) is 2. The molecule has 2 fully saturated rings. The SMILES string of the molecule is CC(=O)c1nn(CC(=O)N2[C@H](C(=O)Nc3nc(Br)ccc3C)C[C@@]3(C)C[C@@H]23)c2c(C)nc(-c3cnc(C)[nH]c3=O)cc12. The van der Waals surface area contributed by atoms with Crippen LogP contribution in [0.3, 0.4) is 0 Å². The van der Waals surface area contributed by atoms with Crippen LogP contribution in [0.25, 0.3) is 22.2 Å². The summed E-state index contributed by atoms with van der Waals surface area (Å²) in [6.45, 7) is 8.59. The average molecular weight is 634 g/mol. The Labute approximate surface area is 249 Å². The normalized spacial score (nSPS) is 21.0. The second kappa shape index (κ2) is 9.93. The van der Waals surface area contributed by atoms with Gasteiger partial charge in [-0.1, -0.05) is 13.0 Å². The number of ketones is 1. The van der Waals surface area contributed by atoms with Crippen molar-refractivity contribution in [2.24, 2.45) is 5.41 Å². The molecule has 4 aromatic heterocycles. The lowest BCUT2D eigenvalue weighted by atomic mass is 10.0. The Morgan fingerprint density at radius 2 is 1.93 bits per heavy atom. The van der Waals surface area contributed by atoms with Crippen LogP contribution >= 0.6 is 15.9 Å². The number of halogens is 1. The third kappa shape index (κ3) is 4.71. The minimum atomic E-state index is -0.665. The van der Waals surface area contributed by atoms with E-state index in [1.54, 1.807) is 30.9 Å². The number of Topliss-reactive ketones (excluding diaryl/α,β-unsaturated/α-hetero) is 1. The highest BCUT2D eigenvalue weighted by molar-refractivity contribution is 9.10. The highest BCUT2D eigenvalue weighted by Gasteiger charge is 2.64. The number of rotatable bonds is 6. The van der Waals surface area contributed by atoms with Crippen molar-refractivity contribution < 1.29 is 14.4 Å². The quantitative estimate of drug-likeness (QED) is 0.242. The molecule has 1 saturated heterocycles. The zero-order valence-electron chi connectivity index (χ0n) is 23.8. The van der Waals surface area contributed by atoms with Gasteiger partial charge in [-0.05, 0) is 72.7 Å². The molecule has 13 heteroatoms. The van der Waals surface area contributed by atoms with E-state index in [0.717, 1.165) is 12.0 Å². The predicted molar refractivity (Wildman–Crippen MR) is 158 cm³/mol. The van der Waals surface area contributed by atoms with E-state index in [1.807, 2.05) is 13.0 Å². The van der Waals surface area contributed by atoms with E-state index in [1.165, 1.54) is 17.8 Å². The molecule has 42 heavy (non-hydrogen) atoms. The first-order valence-electron chi connectivity index (χ1n) is 13.6. The van der Waals surface area contributed by atoms with Gasteiger partial charge in [0.05, 0.1) is 22.5 Å². The molecule has 0 bridgehead atoms. The second-order valence-corrected chi connectivity index (χ2v) is 12.3. The first-order chi connectivity index (χ1) is 19.9. The fourth-order valence-electron chi connectivity index (χ4n) is 5.98. The average Bonchev–Trinajstić information content (AvgIpc) is 3.27. The maximum Gasteiger partial charge on any atom is 0.260 e. The topological polar surface area (TPSA) is 156 Å². The molecule has 6 rings (SSSR count). The maximum absolute atomic E-state index is 13.9. The highest BCUT2D eigenvalue weighted by Crippen LogP contribution is 2.59. The molecular formula is C29H29BrN8O4. The van der Waals surface area contributed by atoms with E-state index < -0.39 is 6.04 Å². The molecule has 0 spiro atoms. The number of aryl methyl sites for hydroxylation is 3.